The summed E-state index contributed by atoms with van der Waals surface area (Å²) in [4.78, 5) is 6.81. The zero-order valence-electron chi connectivity index (χ0n) is 14.2. The van der Waals surface area contributed by atoms with E-state index < -0.39 is 0 Å². The molecule has 130 valence electrons. The summed E-state index contributed by atoms with van der Waals surface area (Å²) in [6.45, 7) is 4.67. The maximum absolute atomic E-state index is 5.47. The van der Waals surface area contributed by atoms with Gasteiger partial charge >= 0.3 is 0 Å². The van der Waals surface area contributed by atoms with Gasteiger partial charge in [-0.25, -0.2) is 0 Å². The molecule has 1 aliphatic heterocycles. The maximum atomic E-state index is 5.47. The lowest BCUT2D eigenvalue weighted by Crippen LogP contribution is -2.34. The molecule has 0 spiro atoms. The number of hydrogen-bond donors (Lipinski definition) is 0. The van der Waals surface area contributed by atoms with Gasteiger partial charge in [0.25, 0.3) is 0 Å². The van der Waals surface area contributed by atoms with E-state index in [1.54, 1.807) is 14.2 Å². The first-order chi connectivity index (χ1) is 11.6. The zero-order chi connectivity index (χ0) is 17.1. The average Bonchev–Trinajstić information content (AvgIpc) is 3.03. The van der Waals surface area contributed by atoms with Crippen molar-refractivity contribution in [2.75, 3.05) is 27.3 Å². The van der Waals surface area contributed by atoms with Gasteiger partial charge < -0.3 is 14.0 Å². The molecular formula is C17H22BrN3O3. The summed E-state index contributed by atoms with van der Waals surface area (Å²) in [5, 5.41) is 3.91. The first-order valence-electron chi connectivity index (χ1n) is 8.04. The van der Waals surface area contributed by atoms with Gasteiger partial charge in [0, 0.05) is 13.1 Å². The Labute approximate surface area is 150 Å². The van der Waals surface area contributed by atoms with Crippen LogP contribution in [0.3, 0.4) is 0 Å². The van der Waals surface area contributed by atoms with Crippen LogP contribution < -0.4 is 9.47 Å². The number of likely N-dealkylation sites (tertiary alicyclic amines) is 1. The molecule has 6 nitrogen and oxygen atoms in total. The van der Waals surface area contributed by atoms with E-state index in [9.17, 15) is 0 Å². The van der Waals surface area contributed by atoms with Gasteiger partial charge in [0.1, 0.15) is 0 Å². The minimum atomic E-state index is 0.305. The number of methoxy groups -OCH3 is 2. The standard InChI is InChI=1S/C17H22BrN3O3/c1-11-19-17(24-20-11)13-5-4-8-21(10-13)9-12-6-7-14(22-2)16(23-3)15(12)18/h6-7,13H,4-5,8-10H2,1-3H3/t13-/m1/s1. The number of aromatic nitrogens is 2. The van der Waals surface area contributed by atoms with Gasteiger partial charge in [-0.3, -0.25) is 4.90 Å². The van der Waals surface area contributed by atoms with Crippen LogP contribution in [0.5, 0.6) is 11.5 Å². The van der Waals surface area contributed by atoms with Crippen molar-refractivity contribution in [2.45, 2.75) is 32.2 Å². The fourth-order valence-electron chi connectivity index (χ4n) is 3.17. The second-order valence-electron chi connectivity index (χ2n) is 6.03. The number of nitrogens with zero attached hydrogens (tertiary/aromatic N) is 3. The Hall–Kier alpha value is -1.60. The molecule has 1 aromatic carbocycles. The normalized spacial score (nSPS) is 18.6. The van der Waals surface area contributed by atoms with E-state index in [-0.39, 0.29) is 0 Å². The van der Waals surface area contributed by atoms with E-state index in [2.05, 4.69) is 37.0 Å². The zero-order valence-corrected chi connectivity index (χ0v) is 15.8. The number of piperidine rings is 1. The van der Waals surface area contributed by atoms with Crippen LogP contribution in [-0.4, -0.2) is 42.3 Å². The van der Waals surface area contributed by atoms with E-state index in [4.69, 9.17) is 14.0 Å². The molecule has 0 radical (unpaired) electrons. The lowest BCUT2D eigenvalue weighted by Gasteiger charge is -2.31. The summed E-state index contributed by atoms with van der Waals surface area (Å²) < 4.78 is 17.1. The molecule has 1 aromatic heterocycles. The molecule has 1 fully saturated rings. The van der Waals surface area contributed by atoms with E-state index in [0.29, 0.717) is 11.7 Å². The van der Waals surface area contributed by atoms with Crippen LogP contribution in [-0.2, 0) is 6.54 Å². The molecule has 0 saturated carbocycles. The predicted octanol–water partition coefficient (Wildman–Crippen LogP) is 3.54. The number of aryl methyl sites for hydroxylation is 1. The van der Waals surface area contributed by atoms with Crippen molar-refractivity contribution < 1.29 is 14.0 Å². The van der Waals surface area contributed by atoms with E-state index in [1.165, 1.54) is 5.56 Å². The van der Waals surface area contributed by atoms with Crippen LogP contribution in [0.25, 0.3) is 0 Å². The van der Waals surface area contributed by atoms with Crippen molar-refractivity contribution >= 4 is 15.9 Å². The molecule has 2 heterocycles. The topological polar surface area (TPSA) is 60.6 Å². The van der Waals surface area contributed by atoms with Gasteiger partial charge in [-0.1, -0.05) is 11.2 Å². The Balaban J connectivity index is 1.74. The molecule has 0 bridgehead atoms. The fraction of sp³-hybridized carbons (Fsp3) is 0.529. The van der Waals surface area contributed by atoms with Gasteiger partial charge in [0.15, 0.2) is 17.3 Å². The Morgan fingerprint density at radius 3 is 2.83 bits per heavy atom. The summed E-state index contributed by atoms with van der Waals surface area (Å²) >= 11 is 3.65. The van der Waals surface area contributed by atoms with Crippen molar-refractivity contribution in [3.05, 3.63) is 33.9 Å². The molecule has 0 N–H and O–H groups in total. The smallest absolute Gasteiger partial charge is 0.231 e. The third-order valence-corrected chi connectivity index (χ3v) is 5.23. The van der Waals surface area contributed by atoms with Crippen molar-refractivity contribution in [3.8, 4) is 11.5 Å². The third kappa shape index (κ3) is 3.57. The average molecular weight is 396 g/mol. The van der Waals surface area contributed by atoms with Crippen molar-refractivity contribution in [3.63, 3.8) is 0 Å². The summed E-state index contributed by atoms with van der Waals surface area (Å²) in [6, 6.07) is 4.02. The Morgan fingerprint density at radius 1 is 1.33 bits per heavy atom. The van der Waals surface area contributed by atoms with Gasteiger partial charge in [0.2, 0.25) is 5.89 Å². The van der Waals surface area contributed by atoms with Crippen LogP contribution in [0.15, 0.2) is 21.1 Å². The summed E-state index contributed by atoms with van der Waals surface area (Å²) in [7, 11) is 3.30. The highest BCUT2D eigenvalue weighted by Crippen LogP contribution is 2.38. The van der Waals surface area contributed by atoms with Crippen LogP contribution in [0.2, 0.25) is 0 Å². The van der Waals surface area contributed by atoms with Gasteiger partial charge in [0.05, 0.1) is 24.6 Å². The predicted molar refractivity (Wildman–Crippen MR) is 93.5 cm³/mol. The van der Waals surface area contributed by atoms with Crippen LogP contribution in [0.1, 0.15) is 36.0 Å². The second kappa shape index (κ2) is 7.53. The number of rotatable bonds is 5. The van der Waals surface area contributed by atoms with E-state index >= 15 is 0 Å². The van der Waals surface area contributed by atoms with E-state index in [0.717, 1.165) is 54.3 Å². The molecule has 0 unspecified atom stereocenters. The lowest BCUT2D eigenvalue weighted by atomic mass is 9.97. The van der Waals surface area contributed by atoms with Crippen molar-refractivity contribution in [1.29, 1.82) is 0 Å². The van der Waals surface area contributed by atoms with Gasteiger partial charge in [-0.2, -0.15) is 4.98 Å². The molecule has 24 heavy (non-hydrogen) atoms. The Morgan fingerprint density at radius 2 is 2.17 bits per heavy atom. The molecule has 0 amide bonds. The Bertz CT molecular complexity index is 704. The highest BCUT2D eigenvalue weighted by molar-refractivity contribution is 9.10. The third-order valence-electron chi connectivity index (χ3n) is 4.36. The molecule has 2 aromatic rings. The molecule has 3 rings (SSSR count). The summed E-state index contributed by atoms with van der Waals surface area (Å²) in [5.74, 6) is 3.22. The fourth-order valence-corrected chi connectivity index (χ4v) is 3.79. The summed E-state index contributed by atoms with van der Waals surface area (Å²) in [6.07, 6.45) is 2.21. The highest BCUT2D eigenvalue weighted by Gasteiger charge is 2.26. The largest absolute Gasteiger partial charge is 0.493 e. The monoisotopic (exact) mass is 395 g/mol. The molecule has 1 aliphatic rings. The SMILES string of the molecule is COc1ccc(CN2CCC[C@@H](c3nc(C)no3)C2)c(Br)c1OC. The van der Waals surface area contributed by atoms with Crippen molar-refractivity contribution in [2.24, 2.45) is 0 Å². The van der Waals surface area contributed by atoms with E-state index in [1.807, 2.05) is 13.0 Å². The second-order valence-corrected chi connectivity index (χ2v) is 6.82. The van der Waals surface area contributed by atoms with Gasteiger partial charge in [-0.05, 0) is 53.9 Å². The van der Waals surface area contributed by atoms with Crippen molar-refractivity contribution in [1.82, 2.24) is 15.0 Å². The van der Waals surface area contributed by atoms with Crippen LogP contribution in [0, 0.1) is 6.92 Å². The van der Waals surface area contributed by atoms with Crippen LogP contribution in [0.4, 0.5) is 0 Å². The molecule has 1 saturated heterocycles. The van der Waals surface area contributed by atoms with Crippen LogP contribution >= 0.6 is 15.9 Å². The lowest BCUT2D eigenvalue weighted by molar-refractivity contribution is 0.179. The minimum absolute atomic E-state index is 0.305. The molecule has 7 heteroatoms. The first-order valence-corrected chi connectivity index (χ1v) is 8.83. The molecule has 1 atom stereocenters. The minimum Gasteiger partial charge on any atom is -0.493 e. The quantitative estimate of drug-likeness (QED) is 0.771. The number of benzene rings is 1. The maximum Gasteiger partial charge on any atom is 0.231 e. The summed E-state index contributed by atoms with van der Waals surface area (Å²) in [5.41, 5.74) is 1.18. The number of hydrogen-bond acceptors (Lipinski definition) is 6. The Kier molecular flexibility index (Phi) is 5.40. The molecule has 0 aliphatic carbocycles. The first kappa shape index (κ1) is 17.2. The van der Waals surface area contributed by atoms with Gasteiger partial charge in [-0.15, -0.1) is 0 Å². The highest BCUT2D eigenvalue weighted by atomic mass is 79.9. The number of ether oxygens (including phenoxy) is 2. The number of halogens is 1. The molecular weight excluding hydrogens is 374 g/mol.